The Morgan fingerprint density at radius 1 is 1.37 bits per heavy atom. The van der Waals surface area contributed by atoms with Crippen LogP contribution in [0.3, 0.4) is 0 Å². The molecule has 1 aliphatic carbocycles. The Labute approximate surface area is 114 Å². The first-order valence-corrected chi connectivity index (χ1v) is 6.87. The first-order valence-electron chi connectivity index (χ1n) is 6.87. The number of rotatable bonds is 3. The molecule has 19 heavy (non-hydrogen) atoms. The molecule has 3 N–H and O–H groups in total. The van der Waals surface area contributed by atoms with E-state index >= 15 is 0 Å². The van der Waals surface area contributed by atoms with Gasteiger partial charge in [-0.05, 0) is 30.9 Å². The van der Waals surface area contributed by atoms with Crippen molar-refractivity contribution in [1.82, 2.24) is 5.32 Å². The van der Waals surface area contributed by atoms with Crippen molar-refractivity contribution in [3.05, 3.63) is 23.8 Å². The molecule has 0 saturated heterocycles. The van der Waals surface area contributed by atoms with E-state index in [4.69, 9.17) is 10.5 Å². The molecule has 0 spiro atoms. The van der Waals surface area contributed by atoms with Gasteiger partial charge in [-0.1, -0.05) is 25.8 Å². The number of nitrogen functional groups attached to an aromatic ring is 1. The molecule has 4 heteroatoms. The third kappa shape index (κ3) is 3.00. The largest absolute Gasteiger partial charge is 0.495 e. The van der Waals surface area contributed by atoms with Crippen LogP contribution in [-0.2, 0) is 0 Å². The molecule has 104 valence electrons. The van der Waals surface area contributed by atoms with E-state index in [9.17, 15) is 4.79 Å². The van der Waals surface area contributed by atoms with Crippen molar-refractivity contribution in [1.29, 1.82) is 0 Å². The molecule has 1 amide bonds. The van der Waals surface area contributed by atoms with Gasteiger partial charge in [0.25, 0.3) is 5.91 Å². The van der Waals surface area contributed by atoms with Crippen molar-refractivity contribution in [2.45, 2.75) is 38.6 Å². The van der Waals surface area contributed by atoms with Crippen LogP contribution in [0.15, 0.2) is 18.2 Å². The van der Waals surface area contributed by atoms with E-state index < -0.39 is 0 Å². The Balaban J connectivity index is 2.11. The fourth-order valence-electron chi connectivity index (χ4n) is 2.70. The average Bonchev–Trinajstić information content (AvgIpc) is 2.41. The number of hydrogen-bond donors (Lipinski definition) is 2. The minimum atomic E-state index is -0.102. The number of amides is 1. The summed E-state index contributed by atoms with van der Waals surface area (Å²) < 4.78 is 5.14. The Morgan fingerprint density at radius 3 is 2.79 bits per heavy atom. The molecule has 2 atom stereocenters. The molecule has 4 nitrogen and oxygen atoms in total. The fraction of sp³-hybridized carbons (Fsp3) is 0.533. The van der Waals surface area contributed by atoms with Crippen molar-refractivity contribution in [2.75, 3.05) is 12.8 Å². The maximum absolute atomic E-state index is 12.3. The first-order chi connectivity index (χ1) is 9.13. The number of anilines is 1. The lowest BCUT2D eigenvalue weighted by atomic mass is 9.86. The van der Waals surface area contributed by atoms with E-state index in [1.165, 1.54) is 19.3 Å². The lowest BCUT2D eigenvalue weighted by Crippen LogP contribution is -2.41. The lowest BCUT2D eigenvalue weighted by molar-refractivity contribution is 0.0911. The molecule has 0 aromatic heterocycles. The average molecular weight is 262 g/mol. The number of nitrogens with two attached hydrogens (primary N) is 1. The molecule has 1 aromatic rings. The number of para-hydroxylation sites is 1. The van der Waals surface area contributed by atoms with Crippen LogP contribution in [0, 0.1) is 5.92 Å². The van der Waals surface area contributed by atoms with Gasteiger partial charge in [-0.3, -0.25) is 4.79 Å². The van der Waals surface area contributed by atoms with Gasteiger partial charge in [-0.15, -0.1) is 0 Å². The standard InChI is InChI=1S/C15H22N2O2/c1-10-6-3-4-8-12(10)17-15(18)11-7-5-9-13(19-2)14(11)16/h5,7,9-10,12H,3-4,6,8,16H2,1-2H3,(H,17,18). The van der Waals surface area contributed by atoms with Gasteiger partial charge in [0.05, 0.1) is 18.4 Å². The summed E-state index contributed by atoms with van der Waals surface area (Å²) in [7, 11) is 1.55. The monoisotopic (exact) mass is 262 g/mol. The molecular formula is C15H22N2O2. The Bertz CT molecular complexity index is 459. The Morgan fingerprint density at radius 2 is 2.11 bits per heavy atom. The van der Waals surface area contributed by atoms with Crippen LogP contribution >= 0.6 is 0 Å². The van der Waals surface area contributed by atoms with Gasteiger partial charge < -0.3 is 15.8 Å². The highest BCUT2D eigenvalue weighted by atomic mass is 16.5. The van der Waals surface area contributed by atoms with Gasteiger partial charge >= 0.3 is 0 Å². The smallest absolute Gasteiger partial charge is 0.253 e. The third-order valence-corrected chi connectivity index (χ3v) is 3.96. The third-order valence-electron chi connectivity index (χ3n) is 3.96. The molecule has 0 bridgehead atoms. The second-order valence-electron chi connectivity index (χ2n) is 5.26. The van der Waals surface area contributed by atoms with Gasteiger partial charge in [-0.2, -0.15) is 0 Å². The van der Waals surface area contributed by atoms with Gasteiger partial charge in [0.2, 0.25) is 0 Å². The second kappa shape index (κ2) is 5.95. The van der Waals surface area contributed by atoms with Crippen LogP contribution in [0.2, 0.25) is 0 Å². The fourth-order valence-corrected chi connectivity index (χ4v) is 2.70. The molecule has 0 radical (unpaired) electrons. The maximum Gasteiger partial charge on any atom is 0.253 e. The number of carbonyl (C=O) groups is 1. The summed E-state index contributed by atoms with van der Waals surface area (Å²) in [5, 5.41) is 3.10. The molecule has 1 aromatic carbocycles. The van der Waals surface area contributed by atoms with Crippen LogP contribution in [-0.4, -0.2) is 19.1 Å². The summed E-state index contributed by atoms with van der Waals surface area (Å²) in [5.74, 6) is 0.976. The topological polar surface area (TPSA) is 64.3 Å². The van der Waals surface area contributed by atoms with Crippen LogP contribution in [0.25, 0.3) is 0 Å². The van der Waals surface area contributed by atoms with Crippen molar-refractivity contribution in [3.63, 3.8) is 0 Å². The van der Waals surface area contributed by atoms with Gasteiger partial charge in [0.1, 0.15) is 5.75 Å². The Kier molecular flexibility index (Phi) is 4.30. The molecule has 2 rings (SSSR count). The summed E-state index contributed by atoms with van der Waals surface area (Å²) in [5.41, 5.74) is 6.85. The van der Waals surface area contributed by atoms with E-state index in [0.29, 0.717) is 22.9 Å². The molecule has 0 heterocycles. The lowest BCUT2D eigenvalue weighted by Gasteiger charge is -2.29. The van der Waals surface area contributed by atoms with E-state index in [-0.39, 0.29) is 11.9 Å². The number of hydrogen-bond acceptors (Lipinski definition) is 3. The minimum Gasteiger partial charge on any atom is -0.495 e. The van der Waals surface area contributed by atoms with E-state index in [2.05, 4.69) is 12.2 Å². The zero-order valence-electron chi connectivity index (χ0n) is 11.6. The molecule has 2 unspecified atom stereocenters. The van der Waals surface area contributed by atoms with Crippen molar-refractivity contribution >= 4 is 11.6 Å². The number of carbonyl (C=O) groups excluding carboxylic acids is 1. The van der Waals surface area contributed by atoms with E-state index in [1.54, 1.807) is 25.3 Å². The SMILES string of the molecule is COc1cccc(C(=O)NC2CCCCC2C)c1N. The number of ether oxygens (including phenoxy) is 1. The molecule has 1 saturated carbocycles. The van der Waals surface area contributed by atoms with Crippen molar-refractivity contribution in [3.8, 4) is 5.75 Å². The highest BCUT2D eigenvalue weighted by molar-refractivity contribution is 6.00. The quantitative estimate of drug-likeness (QED) is 0.823. The predicted molar refractivity (Wildman–Crippen MR) is 76.3 cm³/mol. The zero-order chi connectivity index (χ0) is 13.8. The van der Waals surface area contributed by atoms with Crippen LogP contribution < -0.4 is 15.8 Å². The zero-order valence-corrected chi connectivity index (χ0v) is 11.6. The predicted octanol–water partition coefficient (Wildman–Crippen LogP) is 2.59. The first kappa shape index (κ1) is 13.7. The van der Waals surface area contributed by atoms with Crippen molar-refractivity contribution < 1.29 is 9.53 Å². The number of benzene rings is 1. The van der Waals surface area contributed by atoms with Gasteiger partial charge in [0.15, 0.2) is 0 Å². The summed E-state index contributed by atoms with van der Waals surface area (Å²) in [4.78, 5) is 12.3. The summed E-state index contributed by atoms with van der Waals surface area (Å²) in [6.07, 6.45) is 4.67. The maximum atomic E-state index is 12.3. The van der Waals surface area contributed by atoms with E-state index in [1.807, 2.05) is 0 Å². The van der Waals surface area contributed by atoms with Crippen molar-refractivity contribution in [2.24, 2.45) is 5.92 Å². The summed E-state index contributed by atoms with van der Waals surface area (Å²) in [6, 6.07) is 5.54. The minimum absolute atomic E-state index is 0.102. The van der Waals surface area contributed by atoms with Crippen LogP contribution in [0.5, 0.6) is 5.75 Å². The van der Waals surface area contributed by atoms with Crippen LogP contribution in [0.4, 0.5) is 5.69 Å². The normalized spacial score (nSPS) is 22.8. The summed E-state index contributed by atoms with van der Waals surface area (Å²) in [6.45, 7) is 2.19. The highest BCUT2D eigenvalue weighted by Crippen LogP contribution is 2.27. The number of methoxy groups -OCH3 is 1. The van der Waals surface area contributed by atoms with Crippen LogP contribution in [0.1, 0.15) is 43.0 Å². The number of nitrogens with one attached hydrogen (secondary N) is 1. The second-order valence-corrected chi connectivity index (χ2v) is 5.26. The van der Waals surface area contributed by atoms with Gasteiger partial charge in [-0.25, -0.2) is 0 Å². The Hall–Kier alpha value is -1.71. The molecule has 1 aliphatic rings. The summed E-state index contributed by atoms with van der Waals surface area (Å²) >= 11 is 0. The molecule has 0 aliphatic heterocycles. The highest BCUT2D eigenvalue weighted by Gasteiger charge is 2.24. The molecular weight excluding hydrogens is 240 g/mol. The van der Waals surface area contributed by atoms with E-state index in [0.717, 1.165) is 6.42 Å². The molecule has 1 fully saturated rings. The van der Waals surface area contributed by atoms with Gasteiger partial charge in [0, 0.05) is 6.04 Å².